The van der Waals surface area contributed by atoms with Gasteiger partial charge in [0.2, 0.25) is 0 Å². The molecule has 0 aliphatic carbocycles. The van der Waals surface area contributed by atoms with E-state index in [0.717, 1.165) is 12.1 Å². The first-order chi connectivity index (χ1) is 14.3. The fourth-order valence-corrected chi connectivity index (χ4v) is 3.76. The number of aryl methyl sites for hydroxylation is 1. The molecule has 0 spiro atoms. The molecule has 158 valence electrons. The van der Waals surface area contributed by atoms with Gasteiger partial charge in [-0.2, -0.15) is 0 Å². The smallest absolute Gasteiger partial charge is 0.254 e. The number of aliphatic hydroxyl groups excluding tert-OH is 1. The highest BCUT2D eigenvalue weighted by atomic mass is 19.1. The van der Waals surface area contributed by atoms with Crippen molar-refractivity contribution in [1.29, 1.82) is 0 Å². The van der Waals surface area contributed by atoms with Crippen molar-refractivity contribution in [3.05, 3.63) is 58.5 Å². The lowest BCUT2D eigenvalue weighted by atomic mass is 9.99. The van der Waals surface area contributed by atoms with Crippen molar-refractivity contribution >= 4 is 17.2 Å². The van der Waals surface area contributed by atoms with Crippen LogP contribution >= 0.6 is 0 Å². The minimum absolute atomic E-state index is 0.156. The molecule has 30 heavy (non-hydrogen) atoms. The molecule has 2 N–H and O–H groups in total. The van der Waals surface area contributed by atoms with Crippen molar-refractivity contribution in [1.82, 2.24) is 14.3 Å². The van der Waals surface area contributed by atoms with Gasteiger partial charge in [0.15, 0.2) is 5.65 Å². The van der Waals surface area contributed by atoms with Gasteiger partial charge in [-0.25, -0.2) is 13.8 Å². The Hall–Kier alpha value is -3.20. The van der Waals surface area contributed by atoms with E-state index in [1.54, 1.807) is 37.7 Å². The fourth-order valence-electron chi connectivity index (χ4n) is 3.76. The Morgan fingerprint density at radius 2 is 2.13 bits per heavy atom. The molecule has 7 nitrogen and oxygen atoms in total. The highest BCUT2D eigenvalue weighted by molar-refractivity contribution is 5.95. The van der Waals surface area contributed by atoms with Gasteiger partial charge in [0, 0.05) is 38.8 Å². The number of pyridine rings is 1. The number of ether oxygens (including phenoxy) is 1. The molecule has 1 amide bonds. The van der Waals surface area contributed by atoms with E-state index in [9.17, 15) is 18.7 Å². The Morgan fingerprint density at radius 3 is 2.83 bits per heavy atom. The Labute approximate surface area is 171 Å². The number of imidazole rings is 1. The zero-order valence-corrected chi connectivity index (χ0v) is 16.9. The van der Waals surface area contributed by atoms with Crippen LogP contribution in [0.4, 0.5) is 14.5 Å². The summed E-state index contributed by atoms with van der Waals surface area (Å²) in [6.07, 6.45) is 2.07. The summed E-state index contributed by atoms with van der Waals surface area (Å²) < 4.78 is 35.3. The number of halogens is 2. The van der Waals surface area contributed by atoms with Crippen molar-refractivity contribution in [3.8, 4) is 5.75 Å². The van der Waals surface area contributed by atoms with Gasteiger partial charge in [0.1, 0.15) is 17.4 Å². The van der Waals surface area contributed by atoms with Gasteiger partial charge in [-0.05, 0) is 13.0 Å². The predicted octanol–water partition coefficient (Wildman–Crippen LogP) is 3.05. The van der Waals surface area contributed by atoms with E-state index >= 15 is 0 Å². The third-order valence-corrected chi connectivity index (χ3v) is 5.22. The second-order valence-corrected chi connectivity index (χ2v) is 7.47. The number of carbonyl (C=O) groups is 1. The van der Waals surface area contributed by atoms with E-state index < -0.39 is 17.7 Å². The third-order valence-electron chi connectivity index (χ3n) is 5.22. The quantitative estimate of drug-likeness (QED) is 0.684. The summed E-state index contributed by atoms with van der Waals surface area (Å²) in [7, 11) is 3.29. The zero-order valence-electron chi connectivity index (χ0n) is 16.9. The number of carbonyl (C=O) groups excluding carboxylic acids is 1. The lowest BCUT2D eigenvalue weighted by Gasteiger charge is -2.28. The number of rotatable bonds is 4. The molecule has 4 rings (SSSR count). The largest absolute Gasteiger partial charge is 0.493 e. The summed E-state index contributed by atoms with van der Waals surface area (Å²) in [5, 5.41) is 13.0. The van der Waals surface area contributed by atoms with Crippen LogP contribution in [-0.4, -0.2) is 46.0 Å². The van der Waals surface area contributed by atoms with Gasteiger partial charge in [-0.15, -0.1) is 0 Å². The lowest BCUT2D eigenvalue weighted by molar-refractivity contribution is 0.0827. The van der Waals surface area contributed by atoms with Gasteiger partial charge in [0.05, 0.1) is 47.5 Å². The van der Waals surface area contributed by atoms with Crippen LogP contribution in [0.15, 0.2) is 24.4 Å². The number of aliphatic hydroxyl groups is 1. The highest BCUT2D eigenvalue weighted by Gasteiger charge is 2.28. The minimum Gasteiger partial charge on any atom is -0.493 e. The molecule has 3 heterocycles. The Kier molecular flexibility index (Phi) is 5.07. The molecule has 1 atom stereocenters. The average Bonchev–Trinajstić information content (AvgIpc) is 3.02. The molecule has 1 aromatic carbocycles. The molecule has 3 aromatic rings. The molecule has 9 heteroatoms. The van der Waals surface area contributed by atoms with Crippen LogP contribution in [0.25, 0.3) is 5.65 Å². The van der Waals surface area contributed by atoms with Crippen LogP contribution in [0.5, 0.6) is 5.75 Å². The Bertz CT molecular complexity index is 1140. The maximum absolute atomic E-state index is 14.6. The molecule has 2 aromatic heterocycles. The standard InChI is InChI=1S/C21H22F2N4O3/c1-11-17(10-28)27-9-12(21(29)26(2)3)6-16(20(27)24-11)25-15-4-5-30-18-8-13(22)7-14(23)19(15)18/h6-9,15,25,28H,4-5,10H2,1-3H3/t15-/m0/s1. The van der Waals surface area contributed by atoms with Crippen LogP contribution < -0.4 is 10.1 Å². The van der Waals surface area contributed by atoms with E-state index in [0.29, 0.717) is 34.7 Å². The number of hydrogen-bond acceptors (Lipinski definition) is 5. The van der Waals surface area contributed by atoms with Gasteiger partial charge in [-0.3, -0.25) is 9.20 Å². The minimum atomic E-state index is -0.704. The first-order valence-electron chi connectivity index (χ1n) is 9.52. The van der Waals surface area contributed by atoms with E-state index in [1.807, 2.05) is 0 Å². The van der Waals surface area contributed by atoms with Crippen LogP contribution in [-0.2, 0) is 6.61 Å². The van der Waals surface area contributed by atoms with Crippen LogP contribution in [0, 0.1) is 18.6 Å². The number of nitrogens with zero attached hydrogens (tertiary/aromatic N) is 3. The van der Waals surface area contributed by atoms with Crippen molar-refractivity contribution in [2.75, 3.05) is 26.0 Å². The first kappa shape index (κ1) is 20.1. The number of anilines is 1. The first-order valence-corrected chi connectivity index (χ1v) is 9.52. The van der Waals surface area contributed by atoms with E-state index in [2.05, 4.69) is 10.3 Å². The van der Waals surface area contributed by atoms with E-state index in [4.69, 9.17) is 4.74 Å². The molecule has 1 aliphatic heterocycles. The molecule has 0 saturated heterocycles. The summed E-state index contributed by atoms with van der Waals surface area (Å²) in [5.74, 6) is -1.47. The summed E-state index contributed by atoms with van der Waals surface area (Å²) in [6, 6.07) is 3.14. The molecule has 0 bridgehead atoms. The van der Waals surface area contributed by atoms with Gasteiger partial charge in [-0.1, -0.05) is 0 Å². The van der Waals surface area contributed by atoms with Crippen LogP contribution in [0.3, 0.4) is 0 Å². The molecule has 0 radical (unpaired) electrons. The average molecular weight is 416 g/mol. The number of aromatic nitrogens is 2. The third kappa shape index (κ3) is 3.35. The number of hydrogen-bond donors (Lipinski definition) is 2. The maximum Gasteiger partial charge on any atom is 0.254 e. The topological polar surface area (TPSA) is 79.1 Å². The van der Waals surface area contributed by atoms with Crippen molar-refractivity contribution in [2.24, 2.45) is 0 Å². The molecule has 0 fully saturated rings. The zero-order chi connectivity index (χ0) is 21.6. The van der Waals surface area contributed by atoms with E-state index in [1.165, 1.54) is 4.90 Å². The van der Waals surface area contributed by atoms with Crippen molar-refractivity contribution < 1.29 is 23.4 Å². The number of nitrogens with one attached hydrogen (secondary N) is 1. The van der Waals surface area contributed by atoms with Crippen LogP contribution in [0.2, 0.25) is 0 Å². The molecule has 1 aliphatic rings. The van der Waals surface area contributed by atoms with Crippen molar-refractivity contribution in [2.45, 2.75) is 26.0 Å². The summed E-state index contributed by atoms with van der Waals surface area (Å²) in [5.41, 5.74) is 2.80. The predicted molar refractivity (Wildman–Crippen MR) is 107 cm³/mol. The second-order valence-electron chi connectivity index (χ2n) is 7.47. The van der Waals surface area contributed by atoms with Gasteiger partial charge >= 0.3 is 0 Å². The Balaban J connectivity index is 1.85. The summed E-state index contributed by atoms with van der Waals surface area (Å²) >= 11 is 0. The molecular weight excluding hydrogens is 394 g/mol. The number of amides is 1. The van der Waals surface area contributed by atoms with Gasteiger partial charge < -0.3 is 20.1 Å². The molecular formula is C21H22F2N4O3. The SMILES string of the molecule is Cc1nc2c(N[C@H]3CCOc4cc(F)cc(F)c43)cc(C(=O)N(C)C)cn2c1CO. The number of fused-ring (bicyclic) bond motifs is 2. The summed E-state index contributed by atoms with van der Waals surface area (Å²) in [4.78, 5) is 18.6. The fraction of sp³-hybridized carbons (Fsp3) is 0.333. The maximum atomic E-state index is 14.6. The van der Waals surface area contributed by atoms with E-state index in [-0.39, 0.29) is 30.4 Å². The number of benzene rings is 1. The molecule has 0 saturated carbocycles. The second kappa shape index (κ2) is 7.56. The van der Waals surface area contributed by atoms with Crippen molar-refractivity contribution in [3.63, 3.8) is 0 Å². The summed E-state index contributed by atoms with van der Waals surface area (Å²) in [6.45, 7) is 1.80. The Morgan fingerprint density at radius 1 is 1.37 bits per heavy atom. The van der Waals surface area contributed by atoms with Crippen LogP contribution in [0.1, 0.15) is 39.8 Å². The normalized spacial score (nSPS) is 15.6. The highest BCUT2D eigenvalue weighted by Crippen LogP contribution is 2.38. The molecule has 0 unspecified atom stereocenters. The monoisotopic (exact) mass is 416 g/mol. The lowest BCUT2D eigenvalue weighted by Crippen LogP contribution is -2.24. The van der Waals surface area contributed by atoms with Gasteiger partial charge in [0.25, 0.3) is 5.91 Å².